The minimum atomic E-state index is -0.170. The second-order valence-corrected chi connectivity index (χ2v) is 8.47. The third-order valence-electron chi connectivity index (χ3n) is 7.05. The SMILES string of the molecule is CCOC(=O)N1CCC(N2CCC(N3C(=O)C[C@H]4CCCC[C@@H]43)CC2)C1. The van der Waals surface area contributed by atoms with Crippen LogP contribution in [0, 0.1) is 5.92 Å². The normalized spacial score (nSPS) is 33.6. The standard InChI is InChI=1S/C20H33N3O3/c1-2-26-20(25)22-12-9-17(14-22)21-10-7-16(8-11-21)23-18-6-4-3-5-15(18)13-19(23)24/h15-18H,2-14H2,1H3/t15-,17?,18+/m1/s1. The molecule has 4 rings (SSSR count). The molecule has 6 nitrogen and oxygen atoms in total. The summed E-state index contributed by atoms with van der Waals surface area (Å²) in [5, 5.41) is 0. The van der Waals surface area contributed by atoms with Gasteiger partial charge < -0.3 is 14.5 Å². The number of amides is 2. The smallest absolute Gasteiger partial charge is 0.409 e. The van der Waals surface area contributed by atoms with Crippen molar-refractivity contribution in [2.75, 3.05) is 32.8 Å². The van der Waals surface area contributed by atoms with Crippen LogP contribution in [0.15, 0.2) is 0 Å². The van der Waals surface area contributed by atoms with Gasteiger partial charge in [-0.2, -0.15) is 0 Å². The van der Waals surface area contributed by atoms with Crippen LogP contribution in [0.25, 0.3) is 0 Å². The van der Waals surface area contributed by atoms with Crippen LogP contribution >= 0.6 is 0 Å². The van der Waals surface area contributed by atoms with Gasteiger partial charge in [0.1, 0.15) is 0 Å². The first kappa shape index (κ1) is 18.1. The predicted octanol–water partition coefficient (Wildman–Crippen LogP) is 2.47. The monoisotopic (exact) mass is 363 g/mol. The fourth-order valence-corrected chi connectivity index (χ4v) is 5.73. The molecule has 3 aliphatic heterocycles. The van der Waals surface area contributed by atoms with E-state index in [4.69, 9.17) is 4.74 Å². The first-order valence-electron chi connectivity index (χ1n) is 10.6. The van der Waals surface area contributed by atoms with Crippen LogP contribution in [0.4, 0.5) is 4.79 Å². The lowest BCUT2D eigenvalue weighted by Crippen LogP contribution is -2.52. The van der Waals surface area contributed by atoms with E-state index < -0.39 is 0 Å². The molecule has 0 spiro atoms. The van der Waals surface area contributed by atoms with Crippen molar-refractivity contribution < 1.29 is 14.3 Å². The maximum Gasteiger partial charge on any atom is 0.409 e. The van der Waals surface area contributed by atoms with Crippen LogP contribution in [-0.2, 0) is 9.53 Å². The molecular formula is C20H33N3O3. The van der Waals surface area contributed by atoms with E-state index in [1.807, 2.05) is 11.8 Å². The van der Waals surface area contributed by atoms with Crippen molar-refractivity contribution in [2.24, 2.45) is 5.92 Å². The highest BCUT2D eigenvalue weighted by molar-refractivity contribution is 5.79. The van der Waals surface area contributed by atoms with Gasteiger partial charge in [0.25, 0.3) is 0 Å². The summed E-state index contributed by atoms with van der Waals surface area (Å²) in [5.41, 5.74) is 0. The zero-order valence-corrected chi connectivity index (χ0v) is 16.1. The maximum atomic E-state index is 12.6. The van der Waals surface area contributed by atoms with Crippen LogP contribution in [0.5, 0.6) is 0 Å². The quantitative estimate of drug-likeness (QED) is 0.773. The summed E-state index contributed by atoms with van der Waals surface area (Å²) in [5.74, 6) is 1.04. The van der Waals surface area contributed by atoms with Gasteiger partial charge in [-0.25, -0.2) is 4.79 Å². The fourth-order valence-electron chi connectivity index (χ4n) is 5.73. The average molecular weight is 364 g/mol. The van der Waals surface area contributed by atoms with Crippen LogP contribution in [0.2, 0.25) is 0 Å². The predicted molar refractivity (Wildman–Crippen MR) is 98.8 cm³/mol. The van der Waals surface area contributed by atoms with Crippen LogP contribution < -0.4 is 0 Å². The third kappa shape index (κ3) is 3.45. The molecule has 0 bridgehead atoms. The van der Waals surface area contributed by atoms with Gasteiger partial charge in [0.05, 0.1) is 6.61 Å². The van der Waals surface area contributed by atoms with Crippen molar-refractivity contribution in [2.45, 2.75) is 76.4 Å². The molecule has 1 saturated carbocycles. The molecule has 26 heavy (non-hydrogen) atoms. The molecule has 146 valence electrons. The van der Waals surface area contributed by atoms with Gasteiger partial charge in [-0.3, -0.25) is 9.69 Å². The Morgan fingerprint density at radius 3 is 2.54 bits per heavy atom. The summed E-state index contributed by atoms with van der Waals surface area (Å²) < 4.78 is 5.13. The van der Waals surface area contributed by atoms with Gasteiger partial charge in [0, 0.05) is 50.7 Å². The van der Waals surface area contributed by atoms with E-state index in [2.05, 4.69) is 9.80 Å². The second kappa shape index (κ2) is 7.75. The third-order valence-corrected chi connectivity index (χ3v) is 7.05. The van der Waals surface area contributed by atoms with Crippen molar-refractivity contribution in [3.63, 3.8) is 0 Å². The van der Waals surface area contributed by atoms with Crippen molar-refractivity contribution in [1.82, 2.24) is 14.7 Å². The highest BCUT2D eigenvalue weighted by Gasteiger charge is 2.45. The van der Waals surface area contributed by atoms with Crippen molar-refractivity contribution in [1.29, 1.82) is 0 Å². The number of fused-ring (bicyclic) bond motifs is 1. The van der Waals surface area contributed by atoms with E-state index in [9.17, 15) is 9.59 Å². The molecule has 0 radical (unpaired) electrons. The molecule has 0 aromatic carbocycles. The highest BCUT2D eigenvalue weighted by Crippen LogP contribution is 2.39. The fraction of sp³-hybridized carbons (Fsp3) is 0.900. The molecule has 2 amide bonds. The van der Waals surface area contributed by atoms with E-state index in [0.29, 0.717) is 36.6 Å². The number of nitrogens with zero attached hydrogens (tertiary/aromatic N) is 3. The summed E-state index contributed by atoms with van der Waals surface area (Å²) in [6.07, 6.45) is 8.89. The summed E-state index contributed by atoms with van der Waals surface area (Å²) in [6.45, 7) is 5.99. The Morgan fingerprint density at radius 1 is 1.04 bits per heavy atom. The number of ether oxygens (including phenoxy) is 1. The molecule has 0 aromatic heterocycles. The zero-order valence-electron chi connectivity index (χ0n) is 16.1. The molecular weight excluding hydrogens is 330 g/mol. The van der Waals surface area contributed by atoms with Gasteiger partial charge >= 0.3 is 6.09 Å². The Bertz CT molecular complexity index is 532. The molecule has 4 fully saturated rings. The Balaban J connectivity index is 1.29. The maximum absolute atomic E-state index is 12.6. The van der Waals surface area contributed by atoms with Crippen molar-refractivity contribution in [3.05, 3.63) is 0 Å². The van der Waals surface area contributed by atoms with E-state index in [1.54, 1.807) is 0 Å². The lowest BCUT2D eigenvalue weighted by molar-refractivity contribution is -0.132. The lowest BCUT2D eigenvalue weighted by Gasteiger charge is -2.42. The van der Waals surface area contributed by atoms with Gasteiger partial charge in [-0.15, -0.1) is 0 Å². The summed E-state index contributed by atoms with van der Waals surface area (Å²) in [7, 11) is 0. The lowest BCUT2D eigenvalue weighted by atomic mass is 9.84. The van der Waals surface area contributed by atoms with E-state index in [-0.39, 0.29) is 6.09 Å². The summed E-state index contributed by atoms with van der Waals surface area (Å²) in [6, 6.07) is 1.42. The van der Waals surface area contributed by atoms with E-state index in [1.165, 1.54) is 25.7 Å². The number of piperidine rings is 1. The second-order valence-electron chi connectivity index (χ2n) is 8.47. The molecule has 1 aliphatic carbocycles. The minimum Gasteiger partial charge on any atom is -0.450 e. The first-order chi connectivity index (χ1) is 12.7. The topological polar surface area (TPSA) is 53.1 Å². The zero-order chi connectivity index (χ0) is 18.1. The molecule has 3 heterocycles. The van der Waals surface area contributed by atoms with Gasteiger partial charge in [0.15, 0.2) is 0 Å². The number of rotatable bonds is 3. The molecule has 0 N–H and O–H groups in total. The Kier molecular flexibility index (Phi) is 5.39. The van der Waals surface area contributed by atoms with Crippen LogP contribution in [0.3, 0.4) is 0 Å². The van der Waals surface area contributed by atoms with Gasteiger partial charge in [-0.05, 0) is 44.9 Å². The van der Waals surface area contributed by atoms with E-state index in [0.717, 1.165) is 51.9 Å². The molecule has 0 aromatic rings. The minimum absolute atomic E-state index is 0.170. The number of carbonyl (C=O) groups excluding carboxylic acids is 2. The van der Waals surface area contributed by atoms with Crippen molar-refractivity contribution >= 4 is 12.0 Å². The molecule has 3 atom stereocenters. The number of hydrogen-bond donors (Lipinski definition) is 0. The van der Waals surface area contributed by atoms with Crippen LogP contribution in [0.1, 0.15) is 58.3 Å². The van der Waals surface area contributed by atoms with Gasteiger partial charge in [-0.1, -0.05) is 12.8 Å². The Morgan fingerprint density at radius 2 is 1.77 bits per heavy atom. The summed E-state index contributed by atoms with van der Waals surface area (Å²) >= 11 is 0. The van der Waals surface area contributed by atoms with E-state index >= 15 is 0 Å². The number of likely N-dealkylation sites (tertiary alicyclic amines) is 3. The van der Waals surface area contributed by atoms with Gasteiger partial charge in [0.2, 0.25) is 5.91 Å². The largest absolute Gasteiger partial charge is 0.450 e. The number of hydrogen-bond acceptors (Lipinski definition) is 4. The average Bonchev–Trinajstić information content (AvgIpc) is 3.26. The first-order valence-corrected chi connectivity index (χ1v) is 10.6. The highest BCUT2D eigenvalue weighted by atomic mass is 16.6. The van der Waals surface area contributed by atoms with Crippen molar-refractivity contribution in [3.8, 4) is 0 Å². The molecule has 3 saturated heterocycles. The van der Waals surface area contributed by atoms with Crippen LogP contribution in [-0.4, -0.2) is 77.6 Å². The molecule has 1 unspecified atom stereocenters. The Labute approximate surface area is 156 Å². The number of carbonyl (C=O) groups is 2. The molecule has 4 aliphatic rings. The molecule has 6 heteroatoms. The summed E-state index contributed by atoms with van der Waals surface area (Å²) in [4.78, 5) is 31.2. The Hall–Kier alpha value is -1.30.